The van der Waals surface area contributed by atoms with Gasteiger partial charge in [0.05, 0.1) is 0 Å². The van der Waals surface area contributed by atoms with E-state index in [0.717, 1.165) is 24.1 Å². The molecule has 2 nitrogen and oxygen atoms in total. The quantitative estimate of drug-likeness (QED) is 0.874. The molecule has 0 radical (unpaired) electrons. The first kappa shape index (κ1) is 14.7. The second kappa shape index (κ2) is 7.14. The Balaban J connectivity index is 2.48. The van der Waals surface area contributed by atoms with Crippen molar-refractivity contribution in [1.82, 2.24) is 4.90 Å². The molecule has 1 aromatic rings. The van der Waals surface area contributed by atoms with Crippen molar-refractivity contribution >= 4 is 15.9 Å². The normalized spacial score (nSPS) is 13.4. The van der Waals surface area contributed by atoms with Gasteiger partial charge in [-0.25, -0.2) is 0 Å². The van der Waals surface area contributed by atoms with E-state index in [0.29, 0.717) is 11.8 Å². The van der Waals surface area contributed by atoms with Crippen LogP contribution in [0.25, 0.3) is 0 Å². The van der Waals surface area contributed by atoms with E-state index in [1.807, 2.05) is 0 Å². The number of nitrogens with two attached hydrogens (primary N) is 1. The summed E-state index contributed by atoms with van der Waals surface area (Å²) >= 11 is 3.45. The van der Waals surface area contributed by atoms with Crippen LogP contribution in [0.2, 0.25) is 0 Å². The first-order valence-electron chi connectivity index (χ1n) is 6.16. The number of hydrogen-bond donors (Lipinski definition) is 1. The lowest BCUT2D eigenvalue weighted by Crippen LogP contribution is -2.32. The Morgan fingerprint density at radius 1 is 1.24 bits per heavy atom. The predicted octanol–water partition coefficient (Wildman–Crippen LogP) is 3.11. The van der Waals surface area contributed by atoms with Crippen LogP contribution in [-0.4, -0.2) is 25.0 Å². The van der Waals surface area contributed by atoms with Crippen LogP contribution in [-0.2, 0) is 6.54 Å². The molecule has 0 spiro atoms. The third-order valence-electron chi connectivity index (χ3n) is 3.16. The lowest BCUT2D eigenvalue weighted by Gasteiger charge is -2.25. The van der Waals surface area contributed by atoms with Gasteiger partial charge in [-0.05, 0) is 43.1 Å². The van der Waals surface area contributed by atoms with Crippen molar-refractivity contribution in [1.29, 1.82) is 0 Å². The number of rotatable bonds is 6. The van der Waals surface area contributed by atoms with Crippen molar-refractivity contribution in [3.63, 3.8) is 0 Å². The van der Waals surface area contributed by atoms with Gasteiger partial charge in [0, 0.05) is 17.6 Å². The Bertz CT molecular complexity index is 321. The van der Waals surface area contributed by atoms with Crippen LogP contribution in [0, 0.1) is 11.8 Å². The summed E-state index contributed by atoms with van der Waals surface area (Å²) in [5.74, 6) is 1.22. The zero-order valence-electron chi connectivity index (χ0n) is 11.0. The highest BCUT2D eigenvalue weighted by Crippen LogP contribution is 2.14. The molecule has 0 bridgehead atoms. The number of halogens is 1. The third-order valence-corrected chi connectivity index (χ3v) is 3.69. The van der Waals surface area contributed by atoms with Gasteiger partial charge < -0.3 is 10.6 Å². The Kier molecular flexibility index (Phi) is 6.17. The molecule has 0 saturated heterocycles. The molecule has 17 heavy (non-hydrogen) atoms. The van der Waals surface area contributed by atoms with Crippen LogP contribution in [0.4, 0.5) is 0 Å². The average Bonchev–Trinajstić information content (AvgIpc) is 2.28. The van der Waals surface area contributed by atoms with Crippen molar-refractivity contribution < 1.29 is 0 Å². The molecule has 0 heterocycles. The fraction of sp³-hybridized carbons (Fsp3) is 0.571. The zero-order chi connectivity index (χ0) is 12.8. The van der Waals surface area contributed by atoms with E-state index in [4.69, 9.17) is 5.73 Å². The fourth-order valence-electron chi connectivity index (χ4n) is 1.92. The van der Waals surface area contributed by atoms with Gasteiger partial charge in [-0.1, -0.05) is 41.9 Å². The second-order valence-electron chi connectivity index (χ2n) is 5.06. The molecule has 0 aliphatic carbocycles. The third kappa shape index (κ3) is 5.19. The first-order chi connectivity index (χ1) is 8.02. The molecular weight excluding hydrogens is 276 g/mol. The smallest absolute Gasteiger partial charge is 0.0230 e. The predicted molar refractivity (Wildman–Crippen MR) is 77.9 cm³/mol. The van der Waals surface area contributed by atoms with Gasteiger partial charge in [0.1, 0.15) is 0 Å². The van der Waals surface area contributed by atoms with Crippen molar-refractivity contribution in [2.75, 3.05) is 20.1 Å². The summed E-state index contributed by atoms with van der Waals surface area (Å²) in [6.45, 7) is 7.29. The maximum absolute atomic E-state index is 5.80. The van der Waals surface area contributed by atoms with E-state index in [1.54, 1.807) is 0 Å². The van der Waals surface area contributed by atoms with Crippen molar-refractivity contribution in [3.05, 3.63) is 34.3 Å². The monoisotopic (exact) mass is 298 g/mol. The lowest BCUT2D eigenvalue weighted by molar-refractivity contribution is 0.234. The molecule has 0 aliphatic rings. The summed E-state index contributed by atoms with van der Waals surface area (Å²) in [6, 6.07) is 8.50. The molecule has 96 valence electrons. The van der Waals surface area contributed by atoms with Crippen LogP contribution in [0.1, 0.15) is 19.4 Å². The fourth-order valence-corrected chi connectivity index (χ4v) is 2.19. The molecule has 0 amide bonds. The minimum atomic E-state index is 0.579. The van der Waals surface area contributed by atoms with Gasteiger partial charge in [0.25, 0.3) is 0 Å². The summed E-state index contributed by atoms with van der Waals surface area (Å²) < 4.78 is 1.13. The number of nitrogens with zero attached hydrogens (tertiary/aromatic N) is 1. The van der Waals surface area contributed by atoms with Gasteiger partial charge in [-0.3, -0.25) is 0 Å². The molecule has 1 atom stereocenters. The van der Waals surface area contributed by atoms with Crippen molar-refractivity contribution in [2.24, 2.45) is 17.6 Å². The highest BCUT2D eigenvalue weighted by molar-refractivity contribution is 9.10. The van der Waals surface area contributed by atoms with E-state index in [-0.39, 0.29) is 0 Å². The maximum atomic E-state index is 5.80. The summed E-state index contributed by atoms with van der Waals surface area (Å²) in [6.07, 6.45) is 0. The zero-order valence-corrected chi connectivity index (χ0v) is 12.6. The Morgan fingerprint density at radius 2 is 1.82 bits per heavy atom. The molecule has 0 aromatic heterocycles. The van der Waals surface area contributed by atoms with Gasteiger partial charge in [-0.15, -0.1) is 0 Å². The molecule has 1 aromatic carbocycles. The van der Waals surface area contributed by atoms with Crippen LogP contribution in [0.5, 0.6) is 0 Å². The molecule has 0 fully saturated rings. The average molecular weight is 299 g/mol. The molecule has 0 saturated carbocycles. The molecule has 0 aliphatic heterocycles. The number of hydrogen-bond acceptors (Lipinski definition) is 2. The van der Waals surface area contributed by atoms with Crippen molar-refractivity contribution in [2.45, 2.75) is 20.4 Å². The topological polar surface area (TPSA) is 29.3 Å². The Hall–Kier alpha value is -0.380. The van der Waals surface area contributed by atoms with Gasteiger partial charge in [0.15, 0.2) is 0 Å². The summed E-state index contributed by atoms with van der Waals surface area (Å²) in [5, 5.41) is 0. The molecule has 2 N–H and O–H groups in total. The van der Waals surface area contributed by atoms with Crippen LogP contribution in [0.15, 0.2) is 28.7 Å². The largest absolute Gasteiger partial charge is 0.330 e. The molecule has 3 heteroatoms. The van der Waals surface area contributed by atoms with Crippen molar-refractivity contribution in [3.8, 4) is 0 Å². The SMILES string of the molecule is CC(C)C(CN)CN(C)Cc1ccc(Br)cc1. The second-order valence-corrected chi connectivity index (χ2v) is 5.98. The van der Waals surface area contributed by atoms with Crippen LogP contribution in [0.3, 0.4) is 0 Å². The number of benzene rings is 1. The van der Waals surface area contributed by atoms with Crippen LogP contribution < -0.4 is 5.73 Å². The summed E-state index contributed by atoms with van der Waals surface area (Å²) in [7, 11) is 2.16. The lowest BCUT2D eigenvalue weighted by atomic mass is 9.95. The molecule has 1 unspecified atom stereocenters. The highest BCUT2D eigenvalue weighted by Gasteiger charge is 2.13. The molecular formula is C14H23BrN2. The summed E-state index contributed by atoms with van der Waals surface area (Å²) in [5.41, 5.74) is 7.15. The Labute approximate surface area is 113 Å². The van der Waals surface area contributed by atoms with Gasteiger partial charge in [0.2, 0.25) is 0 Å². The van der Waals surface area contributed by atoms with Gasteiger partial charge in [-0.2, -0.15) is 0 Å². The Morgan fingerprint density at radius 3 is 2.29 bits per heavy atom. The van der Waals surface area contributed by atoms with E-state index in [1.165, 1.54) is 5.56 Å². The first-order valence-corrected chi connectivity index (χ1v) is 6.95. The van der Waals surface area contributed by atoms with E-state index in [2.05, 4.69) is 66.0 Å². The minimum Gasteiger partial charge on any atom is -0.330 e. The van der Waals surface area contributed by atoms with Gasteiger partial charge >= 0.3 is 0 Å². The molecule has 1 rings (SSSR count). The van der Waals surface area contributed by atoms with E-state index in [9.17, 15) is 0 Å². The summed E-state index contributed by atoms with van der Waals surface area (Å²) in [4.78, 5) is 2.35. The van der Waals surface area contributed by atoms with E-state index < -0.39 is 0 Å². The maximum Gasteiger partial charge on any atom is 0.0230 e. The minimum absolute atomic E-state index is 0.579. The van der Waals surface area contributed by atoms with E-state index >= 15 is 0 Å². The van der Waals surface area contributed by atoms with Crippen LogP contribution >= 0.6 is 15.9 Å². The highest BCUT2D eigenvalue weighted by atomic mass is 79.9. The standard InChI is InChI=1S/C14H23BrN2/c1-11(2)13(8-16)10-17(3)9-12-4-6-14(15)7-5-12/h4-7,11,13H,8-10,16H2,1-3H3.